The lowest BCUT2D eigenvalue weighted by atomic mass is 10.1. The molecule has 0 spiro atoms. The van der Waals surface area contributed by atoms with E-state index in [4.69, 9.17) is 0 Å². The summed E-state index contributed by atoms with van der Waals surface area (Å²) >= 11 is 0. The van der Waals surface area contributed by atoms with Gasteiger partial charge in [0.25, 0.3) is 0 Å². The number of benzene rings is 1. The number of nitrogens with zero attached hydrogens (tertiary/aromatic N) is 2. The number of imide groups is 1. The van der Waals surface area contributed by atoms with Crippen LogP contribution in [0.5, 0.6) is 0 Å². The molecule has 0 radical (unpaired) electrons. The smallest absolute Gasteiger partial charge is 0.243 e. The van der Waals surface area contributed by atoms with Crippen molar-refractivity contribution in [3.8, 4) is 0 Å². The van der Waals surface area contributed by atoms with Crippen LogP contribution >= 0.6 is 0 Å². The maximum atomic E-state index is 12.8. The molecule has 1 aliphatic carbocycles. The fourth-order valence-electron chi connectivity index (χ4n) is 3.55. The minimum absolute atomic E-state index is 0.206. The number of piperidine rings is 1. The molecule has 4 rings (SSSR count). The Morgan fingerprint density at radius 2 is 1.24 bits per heavy atom. The third kappa shape index (κ3) is 3.02. The zero-order valence-corrected chi connectivity index (χ0v) is 14.7. The largest absolute Gasteiger partial charge is 0.274 e. The number of hydrogen-bond acceptors (Lipinski definition) is 4. The molecule has 2 saturated heterocycles. The van der Waals surface area contributed by atoms with E-state index in [2.05, 4.69) is 0 Å². The van der Waals surface area contributed by atoms with Gasteiger partial charge in [0.2, 0.25) is 21.8 Å². The number of amides is 2. The Morgan fingerprint density at radius 1 is 0.720 bits per heavy atom. The second-order valence-electron chi connectivity index (χ2n) is 6.73. The predicted octanol–water partition coefficient (Wildman–Crippen LogP) is 2.21. The molecule has 0 atom stereocenters. The number of carbonyl (C=O) groups excluding carboxylic acids is 2. The summed E-state index contributed by atoms with van der Waals surface area (Å²) in [7, 11) is -3.54. The van der Waals surface area contributed by atoms with E-state index >= 15 is 0 Å². The highest BCUT2D eigenvalue weighted by Crippen LogP contribution is 2.37. The van der Waals surface area contributed by atoms with Crippen molar-refractivity contribution in [2.75, 3.05) is 18.0 Å². The molecular weight excluding hydrogens is 340 g/mol. The van der Waals surface area contributed by atoms with Crippen molar-refractivity contribution in [2.24, 2.45) is 0 Å². The average Bonchev–Trinajstić information content (AvgIpc) is 3.41. The lowest BCUT2D eigenvalue weighted by Crippen LogP contribution is -2.36. The maximum Gasteiger partial charge on any atom is 0.243 e. The quantitative estimate of drug-likeness (QED) is 0.612. The zero-order chi connectivity index (χ0) is 17.6. The van der Waals surface area contributed by atoms with Crippen LogP contribution in [-0.2, 0) is 19.6 Å². The predicted molar refractivity (Wildman–Crippen MR) is 92.4 cm³/mol. The van der Waals surface area contributed by atoms with E-state index in [9.17, 15) is 18.0 Å². The minimum atomic E-state index is -3.54. The molecule has 6 nitrogen and oxygen atoms in total. The van der Waals surface area contributed by atoms with Gasteiger partial charge in [0, 0.05) is 25.9 Å². The number of allylic oxidation sites excluding steroid dienone is 1. The summed E-state index contributed by atoms with van der Waals surface area (Å²) in [6.45, 7) is 1.04. The lowest BCUT2D eigenvalue weighted by Gasteiger charge is -2.28. The van der Waals surface area contributed by atoms with Crippen molar-refractivity contribution in [3.05, 3.63) is 35.4 Å². The molecule has 3 aliphatic rings. The van der Waals surface area contributed by atoms with Crippen molar-refractivity contribution in [1.82, 2.24) is 4.31 Å². The van der Waals surface area contributed by atoms with Gasteiger partial charge in [-0.1, -0.05) is 11.1 Å². The lowest BCUT2D eigenvalue weighted by molar-refractivity contribution is -0.121. The SMILES string of the molecule is O=C1CCC(=O)N1c1ccc(S(=O)(=O)N2CCC(=C3CC3)CC2)cc1. The van der Waals surface area contributed by atoms with Crippen molar-refractivity contribution < 1.29 is 18.0 Å². The molecule has 2 aliphatic heterocycles. The van der Waals surface area contributed by atoms with Gasteiger partial charge < -0.3 is 0 Å². The van der Waals surface area contributed by atoms with Gasteiger partial charge in [-0.05, 0) is 49.9 Å². The molecular formula is C18H20N2O4S. The molecule has 1 aromatic carbocycles. The third-order valence-corrected chi connectivity index (χ3v) is 7.02. The number of rotatable bonds is 3. The minimum Gasteiger partial charge on any atom is -0.274 e. The Hall–Kier alpha value is -1.99. The summed E-state index contributed by atoms with van der Waals surface area (Å²) < 4.78 is 27.1. The van der Waals surface area contributed by atoms with Crippen LogP contribution < -0.4 is 4.90 Å². The van der Waals surface area contributed by atoms with Gasteiger partial charge in [-0.2, -0.15) is 4.31 Å². The van der Waals surface area contributed by atoms with Gasteiger partial charge in [-0.3, -0.25) is 14.5 Å². The average molecular weight is 360 g/mol. The molecule has 0 unspecified atom stereocenters. The monoisotopic (exact) mass is 360 g/mol. The van der Waals surface area contributed by atoms with Gasteiger partial charge in [0.1, 0.15) is 0 Å². The molecule has 3 fully saturated rings. The van der Waals surface area contributed by atoms with Gasteiger partial charge in [0.15, 0.2) is 0 Å². The van der Waals surface area contributed by atoms with Crippen LogP contribution in [0.1, 0.15) is 38.5 Å². The van der Waals surface area contributed by atoms with E-state index in [0.29, 0.717) is 18.8 Å². The first-order valence-electron chi connectivity index (χ1n) is 8.62. The fraction of sp³-hybridized carbons (Fsp3) is 0.444. The van der Waals surface area contributed by atoms with Gasteiger partial charge in [0.05, 0.1) is 10.6 Å². The Balaban J connectivity index is 1.52. The van der Waals surface area contributed by atoms with Gasteiger partial charge >= 0.3 is 0 Å². The standard InChI is InChI=1S/C18H20N2O4S/c21-17-7-8-18(22)20(17)15-3-5-16(6-4-15)25(23,24)19-11-9-14(10-12-19)13-1-2-13/h3-6H,1-2,7-12H2. The summed E-state index contributed by atoms with van der Waals surface area (Å²) in [6.07, 6.45) is 4.43. The third-order valence-electron chi connectivity index (χ3n) is 5.11. The summed E-state index contributed by atoms with van der Waals surface area (Å²) in [6, 6.07) is 6.04. The maximum absolute atomic E-state index is 12.8. The van der Waals surface area contributed by atoms with E-state index in [-0.39, 0.29) is 29.6 Å². The van der Waals surface area contributed by atoms with Crippen LogP contribution in [0.25, 0.3) is 0 Å². The van der Waals surface area contributed by atoms with Crippen LogP contribution in [-0.4, -0.2) is 37.6 Å². The Labute approximate surface area is 147 Å². The molecule has 1 aromatic rings. The highest BCUT2D eigenvalue weighted by atomic mass is 32.2. The second kappa shape index (κ2) is 6.07. The van der Waals surface area contributed by atoms with Crippen molar-refractivity contribution in [1.29, 1.82) is 0 Å². The fourth-order valence-corrected chi connectivity index (χ4v) is 4.99. The first-order valence-corrected chi connectivity index (χ1v) is 10.1. The van der Waals surface area contributed by atoms with Crippen LogP contribution in [0.15, 0.2) is 40.3 Å². The molecule has 0 aromatic heterocycles. The molecule has 1 saturated carbocycles. The number of sulfonamides is 1. The van der Waals surface area contributed by atoms with Crippen molar-refractivity contribution in [2.45, 2.75) is 43.4 Å². The Kier molecular flexibility index (Phi) is 4.00. The van der Waals surface area contributed by atoms with E-state index in [0.717, 1.165) is 17.7 Å². The van der Waals surface area contributed by atoms with Crippen LogP contribution in [0, 0.1) is 0 Å². The highest BCUT2D eigenvalue weighted by molar-refractivity contribution is 7.89. The van der Waals surface area contributed by atoms with Crippen molar-refractivity contribution >= 4 is 27.5 Å². The van der Waals surface area contributed by atoms with E-state index in [1.807, 2.05) is 0 Å². The molecule has 0 bridgehead atoms. The molecule has 7 heteroatoms. The first-order chi connectivity index (χ1) is 12.0. The molecule has 25 heavy (non-hydrogen) atoms. The molecule has 2 amide bonds. The molecule has 0 N–H and O–H groups in total. The topological polar surface area (TPSA) is 74.8 Å². The molecule has 2 heterocycles. The van der Waals surface area contributed by atoms with Gasteiger partial charge in [-0.15, -0.1) is 0 Å². The summed E-state index contributed by atoms with van der Waals surface area (Å²) in [5.74, 6) is -0.477. The Morgan fingerprint density at radius 3 is 1.76 bits per heavy atom. The first kappa shape index (κ1) is 16.5. The van der Waals surface area contributed by atoms with E-state index in [1.54, 1.807) is 0 Å². The number of hydrogen-bond donors (Lipinski definition) is 0. The second-order valence-corrected chi connectivity index (χ2v) is 8.67. The van der Waals surface area contributed by atoms with Gasteiger partial charge in [-0.25, -0.2) is 8.42 Å². The summed E-state index contributed by atoms with van der Waals surface area (Å²) in [4.78, 5) is 24.9. The zero-order valence-electron chi connectivity index (χ0n) is 13.9. The molecule has 132 valence electrons. The normalized spacial score (nSPS) is 22.0. The Bertz CT molecular complexity index is 839. The summed E-state index contributed by atoms with van der Waals surface area (Å²) in [5, 5.41) is 0. The highest BCUT2D eigenvalue weighted by Gasteiger charge is 2.32. The number of carbonyl (C=O) groups is 2. The van der Waals surface area contributed by atoms with Crippen LogP contribution in [0.2, 0.25) is 0 Å². The van der Waals surface area contributed by atoms with Crippen LogP contribution in [0.4, 0.5) is 5.69 Å². The number of anilines is 1. The summed E-state index contributed by atoms with van der Waals surface area (Å²) in [5.41, 5.74) is 3.39. The van der Waals surface area contributed by atoms with E-state index < -0.39 is 10.0 Å². The van der Waals surface area contributed by atoms with E-state index in [1.165, 1.54) is 52.6 Å². The van der Waals surface area contributed by atoms with Crippen LogP contribution in [0.3, 0.4) is 0 Å². The van der Waals surface area contributed by atoms with Crippen molar-refractivity contribution in [3.63, 3.8) is 0 Å².